The monoisotopic (exact) mass is 493 g/mol. The van der Waals surface area contributed by atoms with E-state index in [4.69, 9.17) is 19.3 Å². The molecule has 3 aliphatic carbocycles. The van der Waals surface area contributed by atoms with Gasteiger partial charge in [-0.3, -0.25) is 4.79 Å². The molecule has 192 valence electrons. The molecule has 1 aromatic carbocycles. The molecule has 2 aliphatic heterocycles. The molecular weight excluding hydrogens is 457 g/mol. The van der Waals surface area contributed by atoms with E-state index in [0.29, 0.717) is 31.3 Å². The maximum absolute atomic E-state index is 12.9. The highest BCUT2D eigenvalue weighted by Gasteiger charge is 2.68. The highest BCUT2D eigenvalue weighted by atomic mass is 16.7. The Hall–Kier alpha value is -2.57. The number of nitrogens with one attached hydrogen (secondary N) is 1. The predicted octanol–water partition coefficient (Wildman–Crippen LogP) is 3.35. The highest BCUT2D eigenvalue weighted by Crippen LogP contribution is 2.65. The molecular formula is C27H36BN3O5. The van der Waals surface area contributed by atoms with Crippen molar-refractivity contribution in [3.8, 4) is 6.07 Å². The maximum Gasteiger partial charge on any atom is 0.482 e. The summed E-state index contributed by atoms with van der Waals surface area (Å²) in [6, 6.07) is 11.9. The van der Waals surface area contributed by atoms with E-state index in [9.17, 15) is 9.59 Å². The third-order valence-corrected chi connectivity index (χ3v) is 9.22. The second-order valence-corrected chi connectivity index (χ2v) is 11.7. The van der Waals surface area contributed by atoms with E-state index in [1.165, 1.54) is 6.42 Å². The Kier molecular flexibility index (Phi) is 6.77. The van der Waals surface area contributed by atoms with Gasteiger partial charge in [-0.1, -0.05) is 44.2 Å². The number of rotatable bonds is 7. The zero-order chi connectivity index (χ0) is 25.5. The lowest BCUT2D eigenvalue weighted by molar-refractivity contribution is -0.199. The van der Waals surface area contributed by atoms with Gasteiger partial charge in [0.05, 0.1) is 30.3 Å². The van der Waals surface area contributed by atoms with Gasteiger partial charge in [-0.15, -0.1) is 0 Å². The number of benzene rings is 1. The van der Waals surface area contributed by atoms with E-state index in [0.717, 1.165) is 18.4 Å². The van der Waals surface area contributed by atoms with Crippen LogP contribution in [0.3, 0.4) is 0 Å². The minimum atomic E-state index is -0.548. The topological polar surface area (TPSA) is 101 Å². The van der Waals surface area contributed by atoms with Crippen LogP contribution in [0.1, 0.15) is 52.0 Å². The van der Waals surface area contributed by atoms with E-state index in [2.05, 4.69) is 26.1 Å². The van der Waals surface area contributed by atoms with Crippen LogP contribution in [0.2, 0.25) is 0 Å². The number of likely N-dealkylation sites (tertiary alicyclic amines) is 1. The van der Waals surface area contributed by atoms with Crippen LogP contribution in [0.5, 0.6) is 0 Å². The van der Waals surface area contributed by atoms with Gasteiger partial charge in [0.2, 0.25) is 5.91 Å². The van der Waals surface area contributed by atoms with E-state index in [1.807, 2.05) is 36.4 Å². The van der Waals surface area contributed by atoms with Crippen molar-refractivity contribution in [2.75, 3.05) is 19.7 Å². The average Bonchev–Trinajstić information content (AvgIpc) is 3.47. The van der Waals surface area contributed by atoms with Crippen molar-refractivity contribution in [3.05, 3.63) is 35.9 Å². The standard InChI is InChI=1S/C27H36BN3O5/c1-26(2)20-14-21(26)27(3)22(15-20)35-28(36-27)23(13-18-7-5-4-6-8-18)30-25(33)34-17-19-10-12-31(16-19)24(32)9-11-29/h4-8,19-23H,9-10,12-17H2,1-3H3,(H,30,33)/t19-,20-,21-,22+,23-,27-/m0/s1. The molecule has 6 atom stereocenters. The summed E-state index contributed by atoms with van der Waals surface area (Å²) in [5.74, 6) is 0.608. The second kappa shape index (κ2) is 9.72. The molecule has 3 saturated carbocycles. The van der Waals surface area contributed by atoms with Crippen LogP contribution in [0.25, 0.3) is 0 Å². The molecule has 9 heteroatoms. The van der Waals surface area contributed by atoms with Crippen molar-refractivity contribution in [1.82, 2.24) is 10.2 Å². The summed E-state index contributed by atoms with van der Waals surface area (Å²) < 4.78 is 18.7. The Bertz CT molecular complexity index is 1030. The molecule has 0 radical (unpaired) electrons. The molecule has 2 saturated heterocycles. The quantitative estimate of drug-likeness (QED) is 0.585. The third kappa shape index (κ3) is 4.61. The first kappa shape index (κ1) is 25.1. The van der Waals surface area contributed by atoms with Crippen LogP contribution in [0.15, 0.2) is 30.3 Å². The molecule has 2 bridgehead atoms. The maximum atomic E-state index is 12.9. The van der Waals surface area contributed by atoms with Crippen molar-refractivity contribution in [1.29, 1.82) is 5.26 Å². The van der Waals surface area contributed by atoms with Gasteiger partial charge in [-0.05, 0) is 55.4 Å². The molecule has 2 amide bonds. The number of carbonyl (C=O) groups is 2. The molecule has 6 rings (SSSR count). The van der Waals surface area contributed by atoms with E-state index in [1.54, 1.807) is 4.90 Å². The first-order chi connectivity index (χ1) is 17.2. The summed E-state index contributed by atoms with van der Waals surface area (Å²) in [4.78, 5) is 26.5. The largest absolute Gasteiger partial charge is 0.482 e. The highest BCUT2D eigenvalue weighted by molar-refractivity contribution is 6.47. The van der Waals surface area contributed by atoms with Gasteiger partial charge in [0.25, 0.3) is 0 Å². The summed E-state index contributed by atoms with van der Waals surface area (Å²) >= 11 is 0. The van der Waals surface area contributed by atoms with Gasteiger partial charge in [0, 0.05) is 19.0 Å². The third-order valence-electron chi connectivity index (χ3n) is 9.22. The lowest BCUT2D eigenvalue weighted by atomic mass is 9.43. The molecule has 0 aromatic heterocycles. The van der Waals surface area contributed by atoms with Gasteiger partial charge >= 0.3 is 13.2 Å². The normalized spacial score (nSPS) is 32.7. The summed E-state index contributed by atoms with van der Waals surface area (Å²) in [6.07, 6.45) is 2.90. The number of amides is 2. The SMILES string of the molecule is CC1(C)[C@@H]2C[C@H]3OB([C@H](Cc4ccccc4)NC(=O)OC[C@H]4CCN(C(=O)CC#N)C4)O[C@@]3(C)[C@H]1C2. The summed E-state index contributed by atoms with van der Waals surface area (Å²) in [7, 11) is -0.548. The molecule has 2 heterocycles. The van der Waals surface area contributed by atoms with E-state index in [-0.39, 0.29) is 47.9 Å². The Balaban J connectivity index is 1.21. The molecule has 0 unspecified atom stereocenters. The number of nitrogens with zero attached hydrogens (tertiary/aromatic N) is 2. The Labute approximate surface area is 213 Å². The number of ether oxygens (including phenoxy) is 1. The zero-order valence-corrected chi connectivity index (χ0v) is 21.4. The lowest BCUT2D eigenvalue weighted by Gasteiger charge is -2.64. The van der Waals surface area contributed by atoms with Crippen molar-refractivity contribution >= 4 is 19.1 Å². The summed E-state index contributed by atoms with van der Waals surface area (Å²) in [5, 5.41) is 11.8. The minimum absolute atomic E-state index is 0.0331. The number of hydrogen-bond donors (Lipinski definition) is 1. The van der Waals surface area contributed by atoms with Crippen LogP contribution in [-0.4, -0.2) is 61.4 Å². The van der Waals surface area contributed by atoms with Crippen LogP contribution in [-0.2, 0) is 25.3 Å². The van der Waals surface area contributed by atoms with Crippen LogP contribution >= 0.6 is 0 Å². The molecule has 8 nitrogen and oxygen atoms in total. The second-order valence-electron chi connectivity index (χ2n) is 11.7. The summed E-state index contributed by atoms with van der Waals surface area (Å²) in [6.45, 7) is 8.17. The predicted molar refractivity (Wildman–Crippen MR) is 133 cm³/mol. The van der Waals surface area contributed by atoms with Gasteiger partial charge in [0.15, 0.2) is 0 Å². The molecule has 36 heavy (non-hydrogen) atoms. The first-order valence-corrected chi connectivity index (χ1v) is 13.2. The Morgan fingerprint density at radius 2 is 2.06 bits per heavy atom. The van der Waals surface area contributed by atoms with Crippen LogP contribution < -0.4 is 5.32 Å². The van der Waals surface area contributed by atoms with Crippen molar-refractivity contribution in [3.63, 3.8) is 0 Å². The number of carbonyl (C=O) groups excluding carboxylic acids is 2. The summed E-state index contributed by atoms with van der Waals surface area (Å²) in [5.41, 5.74) is 0.975. The van der Waals surface area contributed by atoms with Crippen molar-refractivity contribution in [2.45, 2.75) is 70.5 Å². The smallest absolute Gasteiger partial charge is 0.449 e. The van der Waals surface area contributed by atoms with Gasteiger partial charge in [-0.2, -0.15) is 5.26 Å². The molecule has 5 fully saturated rings. The average molecular weight is 493 g/mol. The number of alkyl carbamates (subject to hydrolysis) is 1. The van der Waals surface area contributed by atoms with E-state index >= 15 is 0 Å². The van der Waals surface area contributed by atoms with Crippen LogP contribution in [0, 0.1) is 34.5 Å². The Morgan fingerprint density at radius 1 is 1.28 bits per heavy atom. The fourth-order valence-corrected chi connectivity index (χ4v) is 6.92. The molecule has 0 spiro atoms. The van der Waals surface area contributed by atoms with Crippen molar-refractivity contribution < 1.29 is 23.6 Å². The zero-order valence-electron chi connectivity index (χ0n) is 21.4. The van der Waals surface area contributed by atoms with Gasteiger partial charge in [-0.25, -0.2) is 4.79 Å². The first-order valence-electron chi connectivity index (χ1n) is 13.2. The lowest BCUT2D eigenvalue weighted by Crippen LogP contribution is -2.65. The fraction of sp³-hybridized carbons (Fsp3) is 0.667. The van der Waals surface area contributed by atoms with E-state index < -0.39 is 13.2 Å². The van der Waals surface area contributed by atoms with Crippen molar-refractivity contribution in [2.24, 2.45) is 23.2 Å². The number of nitriles is 1. The number of hydrogen-bond acceptors (Lipinski definition) is 6. The molecule has 1 N–H and O–H groups in total. The van der Waals surface area contributed by atoms with Gasteiger partial charge < -0.3 is 24.3 Å². The van der Waals surface area contributed by atoms with Gasteiger partial charge in [0.1, 0.15) is 6.42 Å². The molecule has 5 aliphatic rings. The van der Waals surface area contributed by atoms with Crippen LogP contribution in [0.4, 0.5) is 4.79 Å². The minimum Gasteiger partial charge on any atom is -0.449 e. The Morgan fingerprint density at radius 3 is 2.78 bits per heavy atom. The fourth-order valence-electron chi connectivity index (χ4n) is 6.92. The molecule has 1 aromatic rings.